The molecule has 0 amide bonds. The molecule has 1 heterocycles. The van der Waals surface area contributed by atoms with Crippen molar-refractivity contribution in [3.05, 3.63) is 35.9 Å². The van der Waals surface area contributed by atoms with Gasteiger partial charge in [0.25, 0.3) is 0 Å². The fraction of sp³-hybridized carbons (Fsp3) is 0.385. The van der Waals surface area contributed by atoms with Gasteiger partial charge in [-0.3, -0.25) is 0 Å². The summed E-state index contributed by atoms with van der Waals surface area (Å²) < 4.78 is 0. The number of nitrogens with zero attached hydrogens (tertiary/aromatic N) is 3. The van der Waals surface area contributed by atoms with E-state index in [4.69, 9.17) is 0 Å². The zero-order valence-electron chi connectivity index (χ0n) is 9.75. The van der Waals surface area contributed by atoms with E-state index in [1.807, 2.05) is 30.3 Å². The first-order valence-electron chi connectivity index (χ1n) is 5.94. The van der Waals surface area contributed by atoms with Crippen molar-refractivity contribution >= 4 is 12.2 Å². The smallest absolute Gasteiger partial charge is 0.0795 e. The van der Waals surface area contributed by atoms with Gasteiger partial charge in [-0.15, -0.1) is 5.10 Å². The maximum atomic E-state index is 11.6. The van der Waals surface area contributed by atoms with E-state index < -0.39 is 0 Å². The van der Waals surface area contributed by atoms with Gasteiger partial charge in [0.2, 0.25) is 0 Å². The predicted octanol–water partition coefficient (Wildman–Crippen LogP) is 1.22. The molecule has 1 aromatic carbocycles. The highest BCUT2D eigenvalue weighted by atomic mass is 16.3. The van der Waals surface area contributed by atoms with Crippen LogP contribution in [0.25, 0.3) is 0 Å². The number of hydrogen-bond acceptors (Lipinski definition) is 3. The molecular formula is C13H16N3O-. The first kappa shape index (κ1) is 11.6. The summed E-state index contributed by atoms with van der Waals surface area (Å²) in [5.74, 6) is 0. The van der Waals surface area contributed by atoms with Gasteiger partial charge in [0, 0.05) is 13.1 Å². The van der Waals surface area contributed by atoms with E-state index in [-0.39, 0.29) is 6.02 Å². The average Bonchev–Trinajstić information content (AvgIpc) is 2.41. The fourth-order valence-corrected chi connectivity index (χ4v) is 1.83. The minimum atomic E-state index is -0.225. The number of rotatable bonds is 2. The van der Waals surface area contributed by atoms with Crippen LogP contribution < -0.4 is 5.11 Å². The average molecular weight is 230 g/mol. The Balaban J connectivity index is 1.93. The Hall–Kier alpha value is -1.84. The Morgan fingerprint density at radius 3 is 2.53 bits per heavy atom. The minimum absolute atomic E-state index is 0.225. The Labute approximate surface area is 101 Å². The zero-order chi connectivity index (χ0) is 11.9. The lowest BCUT2D eigenvalue weighted by atomic mass is 10.1. The van der Waals surface area contributed by atoms with Crippen LogP contribution in [0.5, 0.6) is 0 Å². The molecule has 0 radical (unpaired) electrons. The summed E-state index contributed by atoms with van der Waals surface area (Å²) >= 11 is 0. The number of amidine groups is 1. The molecule has 0 unspecified atom stereocenters. The van der Waals surface area contributed by atoms with Crippen LogP contribution in [0.4, 0.5) is 0 Å². The van der Waals surface area contributed by atoms with Crippen molar-refractivity contribution in [2.24, 2.45) is 10.2 Å². The molecule has 0 N–H and O–H groups in total. The number of likely N-dealkylation sites (tertiary alicyclic amines) is 1. The van der Waals surface area contributed by atoms with Gasteiger partial charge in [-0.25, -0.2) is 0 Å². The van der Waals surface area contributed by atoms with Gasteiger partial charge >= 0.3 is 0 Å². The minimum Gasteiger partial charge on any atom is -0.845 e. The normalized spacial score (nSPS) is 17.6. The van der Waals surface area contributed by atoms with Crippen LogP contribution in [-0.4, -0.2) is 30.2 Å². The second-order valence-electron chi connectivity index (χ2n) is 4.09. The third kappa shape index (κ3) is 3.59. The molecule has 4 heteroatoms. The Bertz CT molecular complexity index is 394. The molecule has 0 bridgehead atoms. The maximum Gasteiger partial charge on any atom is 0.0795 e. The van der Waals surface area contributed by atoms with Crippen LogP contribution in [0, 0.1) is 0 Å². The molecule has 90 valence electrons. The molecule has 2 rings (SSSR count). The third-order valence-electron chi connectivity index (χ3n) is 2.78. The number of benzene rings is 1. The van der Waals surface area contributed by atoms with Crippen LogP contribution in [0.2, 0.25) is 0 Å². The highest BCUT2D eigenvalue weighted by molar-refractivity contribution is 5.80. The van der Waals surface area contributed by atoms with E-state index in [0.717, 1.165) is 31.5 Å². The van der Waals surface area contributed by atoms with Gasteiger partial charge in [0.1, 0.15) is 0 Å². The lowest BCUT2D eigenvalue weighted by Crippen LogP contribution is -2.42. The summed E-state index contributed by atoms with van der Waals surface area (Å²) in [6.07, 6.45) is 4.95. The molecule has 0 saturated carbocycles. The molecule has 1 saturated heterocycles. The van der Waals surface area contributed by atoms with E-state index in [0.29, 0.717) is 0 Å². The second kappa shape index (κ2) is 6.03. The molecule has 17 heavy (non-hydrogen) atoms. The van der Waals surface area contributed by atoms with Gasteiger partial charge < -0.3 is 10.0 Å². The third-order valence-corrected chi connectivity index (χ3v) is 2.78. The van der Waals surface area contributed by atoms with E-state index in [9.17, 15) is 5.11 Å². The van der Waals surface area contributed by atoms with Crippen LogP contribution >= 0.6 is 0 Å². The SMILES string of the molecule is [O-]/C(=N\N=C\c1ccccc1)N1CCCCC1. The highest BCUT2D eigenvalue weighted by Crippen LogP contribution is 2.07. The Morgan fingerprint density at radius 2 is 1.82 bits per heavy atom. The molecule has 1 aromatic rings. The van der Waals surface area contributed by atoms with E-state index in [1.54, 1.807) is 11.1 Å². The van der Waals surface area contributed by atoms with Gasteiger partial charge in [-0.05, 0) is 24.8 Å². The Morgan fingerprint density at radius 1 is 1.12 bits per heavy atom. The van der Waals surface area contributed by atoms with Crippen LogP contribution in [-0.2, 0) is 0 Å². The summed E-state index contributed by atoms with van der Waals surface area (Å²) in [7, 11) is 0. The van der Waals surface area contributed by atoms with Crippen molar-refractivity contribution in [1.82, 2.24) is 4.90 Å². The molecule has 4 nitrogen and oxygen atoms in total. The first-order chi connectivity index (χ1) is 8.36. The van der Waals surface area contributed by atoms with E-state index in [2.05, 4.69) is 10.2 Å². The highest BCUT2D eigenvalue weighted by Gasteiger charge is 2.07. The molecule has 1 fully saturated rings. The van der Waals surface area contributed by atoms with Crippen molar-refractivity contribution in [2.75, 3.05) is 13.1 Å². The molecule has 0 aromatic heterocycles. The van der Waals surface area contributed by atoms with Gasteiger partial charge in [0.15, 0.2) is 0 Å². The van der Waals surface area contributed by atoms with Gasteiger partial charge in [-0.1, -0.05) is 30.3 Å². The maximum absolute atomic E-state index is 11.6. The van der Waals surface area contributed by atoms with Crippen molar-refractivity contribution in [1.29, 1.82) is 0 Å². The summed E-state index contributed by atoms with van der Waals surface area (Å²) in [5.41, 5.74) is 0.947. The molecule has 1 aliphatic rings. The summed E-state index contributed by atoms with van der Waals surface area (Å²) in [5, 5.41) is 19.2. The zero-order valence-corrected chi connectivity index (χ0v) is 9.75. The van der Waals surface area contributed by atoms with Crippen molar-refractivity contribution in [3.63, 3.8) is 0 Å². The first-order valence-corrected chi connectivity index (χ1v) is 5.94. The van der Waals surface area contributed by atoms with Crippen LogP contribution in [0.1, 0.15) is 24.8 Å². The van der Waals surface area contributed by atoms with Crippen molar-refractivity contribution in [3.8, 4) is 0 Å². The molecule has 0 spiro atoms. The monoisotopic (exact) mass is 230 g/mol. The molecule has 1 aliphatic heterocycles. The van der Waals surface area contributed by atoms with E-state index in [1.165, 1.54) is 6.42 Å². The number of hydrogen-bond donors (Lipinski definition) is 0. The number of piperidine rings is 1. The summed E-state index contributed by atoms with van der Waals surface area (Å²) in [6, 6.07) is 9.40. The quantitative estimate of drug-likeness (QED) is 0.436. The molecule has 0 aliphatic carbocycles. The Kier molecular flexibility index (Phi) is 4.13. The molecular weight excluding hydrogens is 214 g/mol. The van der Waals surface area contributed by atoms with Crippen LogP contribution in [0.3, 0.4) is 0 Å². The summed E-state index contributed by atoms with van der Waals surface area (Å²) in [4.78, 5) is 1.76. The lowest BCUT2D eigenvalue weighted by molar-refractivity contribution is -0.236. The van der Waals surface area contributed by atoms with E-state index >= 15 is 0 Å². The van der Waals surface area contributed by atoms with Crippen LogP contribution in [0.15, 0.2) is 40.5 Å². The van der Waals surface area contributed by atoms with Gasteiger partial charge in [-0.2, -0.15) is 5.10 Å². The largest absolute Gasteiger partial charge is 0.845 e. The summed E-state index contributed by atoms with van der Waals surface area (Å²) in [6.45, 7) is 1.62. The molecule has 0 atom stereocenters. The second-order valence-corrected chi connectivity index (χ2v) is 4.09. The lowest BCUT2D eigenvalue weighted by Gasteiger charge is -2.31. The van der Waals surface area contributed by atoms with Crippen molar-refractivity contribution in [2.45, 2.75) is 19.3 Å². The fourth-order valence-electron chi connectivity index (χ4n) is 1.83. The van der Waals surface area contributed by atoms with Gasteiger partial charge in [0.05, 0.1) is 12.2 Å². The topological polar surface area (TPSA) is 51.0 Å². The van der Waals surface area contributed by atoms with Crippen molar-refractivity contribution < 1.29 is 5.11 Å². The predicted molar refractivity (Wildman–Crippen MR) is 66.9 cm³/mol. The standard InChI is InChI=1S/C13H17N3O/c17-13(16-9-5-2-6-10-16)15-14-11-12-7-3-1-4-8-12/h1,3-4,7-8,11H,2,5-6,9-10H2,(H,15,17)/p-1/b14-11+.